The highest BCUT2D eigenvalue weighted by atomic mass is 19.1. The quantitative estimate of drug-likeness (QED) is 0.773. The summed E-state index contributed by atoms with van der Waals surface area (Å²) in [6, 6.07) is 10.9. The van der Waals surface area contributed by atoms with Gasteiger partial charge in [-0.1, -0.05) is 12.1 Å². The first kappa shape index (κ1) is 14.2. The Bertz CT molecular complexity index is 798. The molecule has 0 atom stereocenters. The first-order valence-corrected chi connectivity index (χ1v) is 6.79. The number of halogens is 2. The summed E-state index contributed by atoms with van der Waals surface area (Å²) in [5.74, 6) is 0.436. The van der Waals surface area contributed by atoms with E-state index < -0.39 is 11.6 Å². The molecule has 0 unspecified atom stereocenters. The molecule has 4 nitrogen and oxygen atoms in total. The first-order chi connectivity index (χ1) is 10.6. The van der Waals surface area contributed by atoms with Gasteiger partial charge in [-0.15, -0.1) is 0 Å². The maximum Gasteiger partial charge on any atom is 0.181 e. The van der Waals surface area contributed by atoms with E-state index in [0.29, 0.717) is 5.82 Å². The number of H-pyrrole nitrogens is 1. The summed E-state index contributed by atoms with van der Waals surface area (Å²) >= 11 is 0. The average Bonchev–Trinajstić information content (AvgIpc) is 2.95. The van der Waals surface area contributed by atoms with Gasteiger partial charge in [0.05, 0.1) is 0 Å². The Balaban J connectivity index is 1.77. The van der Waals surface area contributed by atoms with Crippen LogP contribution in [0.5, 0.6) is 0 Å². The minimum atomic E-state index is -0.455. The van der Waals surface area contributed by atoms with Crippen LogP contribution in [0.1, 0.15) is 11.4 Å². The molecule has 3 aromatic rings. The minimum Gasteiger partial charge on any atom is -0.381 e. The van der Waals surface area contributed by atoms with Crippen molar-refractivity contribution in [2.24, 2.45) is 0 Å². The van der Waals surface area contributed by atoms with Gasteiger partial charge in [0, 0.05) is 23.4 Å². The number of anilines is 1. The standard InChI is InChI=1S/C16H14F2N4/c1-10-20-16(22-21-10)11-3-2-4-14(8-11)19-9-12-7-13(17)5-6-15(12)18/h2-8,19H,9H2,1H3,(H,20,21,22). The minimum absolute atomic E-state index is 0.195. The summed E-state index contributed by atoms with van der Waals surface area (Å²) in [6.45, 7) is 2.02. The van der Waals surface area contributed by atoms with Crippen LogP contribution in [0.4, 0.5) is 14.5 Å². The van der Waals surface area contributed by atoms with Crippen molar-refractivity contribution in [1.82, 2.24) is 15.2 Å². The lowest BCUT2D eigenvalue weighted by Crippen LogP contribution is -2.02. The third-order valence-electron chi connectivity index (χ3n) is 3.21. The van der Waals surface area contributed by atoms with Crippen molar-refractivity contribution in [2.45, 2.75) is 13.5 Å². The van der Waals surface area contributed by atoms with E-state index in [1.165, 1.54) is 6.07 Å². The zero-order valence-corrected chi connectivity index (χ0v) is 11.9. The smallest absolute Gasteiger partial charge is 0.181 e. The van der Waals surface area contributed by atoms with Gasteiger partial charge in [0.1, 0.15) is 17.5 Å². The van der Waals surface area contributed by atoms with Gasteiger partial charge in [-0.2, -0.15) is 5.10 Å². The van der Waals surface area contributed by atoms with Gasteiger partial charge < -0.3 is 5.32 Å². The molecule has 0 saturated carbocycles. The van der Waals surface area contributed by atoms with Crippen molar-refractivity contribution in [1.29, 1.82) is 0 Å². The zero-order valence-electron chi connectivity index (χ0n) is 11.9. The van der Waals surface area contributed by atoms with Crippen LogP contribution in [0.3, 0.4) is 0 Å². The van der Waals surface area contributed by atoms with E-state index in [2.05, 4.69) is 20.5 Å². The van der Waals surface area contributed by atoms with Crippen molar-refractivity contribution in [2.75, 3.05) is 5.32 Å². The van der Waals surface area contributed by atoms with Crippen LogP contribution in [0.15, 0.2) is 42.5 Å². The highest BCUT2D eigenvalue weighted by molar-refractivity contribution is 5.62. The number of hydrogen-bond donors (Lipinski definition) is 2. The van der Waals surface area contributed by atoms with Gasteiger partial charge >= 0.3 is 0 Å². The molecule has 0 bridgehead atoms. The molecule has 0 saturated heterocycles. The molecule has 1 aromatic heterocycles. The van der Waals surface area contributed by atoms with Crippen LogP contribution in [0.25, 0.3) is 11.4 Å². The normalized spacial score (nSPS) is 10.7. The van der Waals surface area contributed by atoms with E-state index in [9.17, 15) is 8.78 Å². The molecule has 2 aromatic carbocycles. The SMILES string of the molecule is Cc1nc(-c2cccc(NCc3cc(F)ccc3F)c2)n[nH]1. The van der Waals surface area contributed by atoms with Gasteiger partial charge in [0.15, 0.2) is 5.82 Å². The molecule has 22 heavy (non-hydrogen) atoms. The lowest BCUT2D eigenvalue weighted by molar-refractivity contribution is 0.587. The third-order valence-corrected chi connectivity index (χ3v) is 3.21. The van der Waals surface area contributed by atoms with E-state index in [1.54, 1.807) is 0 Å². The molecule has 0 aliphatic rings. The monoisotopic (exact) mass is 300 g/mol. The maximum atomic E-state index is 13.6. The zero-order chi connectivity index (χ0) is 15.5. The fourth-order valence-corrected chi connectivity index (χ4v) is 2.12. The molecule has 112 valence electrons. The summed E-state index contributed by atoms with van der Waals surface area (Å²) in [4.78, 5) is 4.26. The Morgan fingerprint density at radius 2 is 2.00 bits per heavy atom. The van der Waals surface area contributed by atoms with E-state index in [0.717, 1.165) is 29.2 Å². The molecule has 1 heterocycles. The number of benzene rings is 2. The summed E-state index contributed by atoms with van der Waals surface area (Å²) < 4.78 is 26.7. The lowest BCUT2D eigenvalue weighted by Gasteiger charge is -2.08. The lowest BCUT2D eigenvalue weighted by atomic mass is 10.1. The van der Waals surface area contributed by atoms with E-state index >= 15 is 0 Å². The van der Waals surface area contributed by atoms with Gasteiger partial charge in [-0.3, -0.25) is 5.10 Å². The second kappa shape index (κ2) is 5.93. The van der Waals surface area contributed by atoms with Crippen molar-refractivity contribution in [3.63, 3.8) is 0 Å². The Morgan fingerprint density at radius 3 is 2.77 bits per heavy atom. The molecule has 6 heteroatoms. The van der Waals surface area contributed by atoms with Crippen LogP contribution < -0.4 is 5.32 Å². The van der Waals surface area contributed by atoms with Crippen molar-refractivity contribution < 1.29 is 8.78 Å². The highest BCUT2D eigenvalue weighted by Gasteiger charge is 2.06. The van der Waals surface area contributed by atoms with E-state index in [-0.39, 0.29) is 12.1 Å². The number of aromatic amines is 1. The predicted molar refractivity (Wildman–Crippen MR) is 80.2 cm³/mol. The molecule has 0 radical (unpaired) electrons. The molecule has 0 aliphatic heterocycles. The van der Waals surface area contributed by atoms with Crippen LogP contribution in [-0.2, 0) is 6.54 Å². The Labute approximate surface area is 126 Å². The first-order valence-electron chi connectivity index (χ1n) is 6.79. The number of hydrogen-bond acceptors (Lipinski definition) is 3. The van der Waals surface area contributed by atoms with Crippen molar-refractivity contribution in [3.05, 3.63) is 65.5 Å². The van der Waals surface area contributed by atoms with Crippen molar-refractivity contribution in [3.8, 4) is 11.4 Å². The summed E-state index contributed by atoms with van der Waals surface area (Å²) in [7, 11) is 0. The molecule has 0 fully saturated rings. The highest BCUT2D eigenvalue weighted by Crippen LogP contribution is 2.20. The van der Waals surface area contributed by atoms with Crippen LogP contribution in [0, 0.1) is 18.6 Å². The molecular formula is C16H14F2N4. The number of nitrogens with one attached hydrogen (secondary N) is 2. The van der Waals surface area contributed by atoms with E-state index in [1.807, 2.05) is 31.2 Å². The number of aryl methyl sites for hydroxylation is 1. The van der Waals surface area contributed by atoms with Crippen LogP contribution in [-0.4, -0.2) is 15.2 Å². The van der Waals surface area contributed by atoms with Crippen molar-refractivity contribution >= 4 is 5.69 Å². The molecule has 0 amide bonds. The number of aromatic nitrogens is 3. The number of rotatable bonds is 4. The Morgan fingerprint density at radius 1 is 1.14 bits per heavy atom. The summed E-state index contributed by atoms with van der Waals surface area (Å²) in [5.41, 5.74) is 1.90. The Kier molecular flexibility index (Phi) is 3.82. The largest absolute Gasteiger partial charge is 0.381 e. The predicted octanol–water partition coefficient (Wildman–Crippen LogP) is 3.67. The molecular weight excluding hydrogens is 286 g/mol. The van der Waals surface area contributed by atoms with Gasteiger partial charge in [0.2, 0.25) is 0 Å². The fourth-order valence-electron chi connectivity index (χ4n) is 2.12. The molecule has 0 aliphatic carbocycles. The average molecular weight is 300 g/mol. The van der Waals surface area contributed by atoms with Crippen LogP contribution >= 0.6 is 0 Å². The number of nitrogens with zero attached hydrogens (tertiary/aromatic N) is 2. The molecule has 0 spiro atoms. The second-order valence-corrected chi connectivity index (χ2v) is 4.91. The third kappa shape index (κ3) is 3.11. The van der Waals surface area contributed by atoms with Gasteiger partial charge in [-0.05, 0) is 37.3 Å². The maximum absolute atomic E-state index is 13.6. The topological polar surface area (TPSA) is 53.6 Å². The van der Waals surface area contributed by atoms with Gasteiger partial charge in [0.25, 0.3) is 0 Å². The van der Waals surface area contributed by atoms with Gasteiger partial charge in [-0.25, -0.2) is 13.8 Å². The molecule has 2 N–H and O–H groups in total. The fraction of sp³-hybridized carbons (Fsp3) is 0.125. The Hall–Kier alpha value is -2.76. The second-order valence-electron chi connectivity index (χ2n) is 4.91. The molecule has 3 rings (SSSR count). The summed E-state index contributed by atoms with van der Waals surface area (Å²) in [6.07, 6.45) is 0. The van der Waals surface area contributed by atoms with E-state index in [4.69, 9.17) is 0 Å². The summed E-state index contributed by atoms with van der Waals surface area (Å²) in [5, 5.41) is 9.96. The van der Waals surface area contributed by atoms with Crippen LogP contribution in [0.2, 0.25) is 0 Å².